The van der Waals surface area contributed by atoms with Gasteiger partial charge in [0.1, 0.15) is 5.01 Å². The summed E-state index contributed by atoms with van der Waals surface area (Å²) in [4.78, 5) is 23.4. The molecule has 0 heterocycles. The van der Waals surface area contributed by atoms with E-state index >= 15 is 0 Å². The number of aliphatic hydroxyl groups is 1. The molecule has 0 spiro atoms. The third-order valence-electron chi connectivity index (χ3n) is 2.87. The highest BCUT2D eigenvalue weighted by Crippen LogP contribution is 2.19. The van der Waals surface area contributed by atoms with Crippen LogP contribution >= 0.6 is 31.9 Å². The number of esters is 2. The van der Waals surface area contributed by atoms with E-state index < -0.39 is 16.9 Å². The molecule has 22 heavy (non-hydrogen) atoms. The third-order valence-corrected chi connectivity index (χ3v) is 3.96. The van der Waals surface area contributed by atoms with Crippen molar-refractivity contribution in [1.29, 1.82) is 0 Å². The van der Waals surface area contributed by atoms with Gasteiger partial charge < -0.3 is 19.3 Å². The van der Waals surface area contributed by atoms with Crippen LogP contribution in [0.5, 0.6) is 0 Å². The zero-order valence-electron chi connectivity index (χ0n) is 12.9. The predicted molar refractivity (Wildman–Crippen MR) is 89.0 cm³/mol. The molecule has 0 saturated carbocycles. The van der Waals surface area contributed by atoms with Crippen LogP contribution in [-0.2, 0) is 23.8 Å². The van der Waals surface area contributed by atoms with Crippen LogP contribution in [0, 0.1) is 11.8 Å². The van der Waals surface area contributed by atoms with Crippen molar-refractivity contribution < 1.29 is 28.9 Å². The summed E-state index contributed by atoms with van der Waals surface area (Å²) in [5, 5.41) is 9.44. The second-order valence-electron chi connectivity index (χ2n) is 4.54. The number of halogens is 2. The van der Waals surface area contributed by atoms with Crippen molar-refractivity contribution in [2.24, 2.45) is 11.8 Å². The minimum Gasteiger partial charge on any atom is -0.466 e. The molecule has 0 aliphatic carbocycles. The molecule has 130 valence electrons. The van der Waals surface area contributed by atoms with Crippen LogP contribution in [0.25, 0.3) is 0 Å². The van der Waals surface area contributed by atoms with Crippen molar-refractivity contribution in [2.45, 2.75) is 31.7 Å². The Morgan fingerprint density at radius 2 is 1.64 bits per heavy atom. The Labute approximate surface area is 148 Å². The van der Waals surface area contributed by atoms with Crippen molar-refractivity contribution in [3.8, 4) is 0 Å². The Balaban J connectivity index is 4.34. The van der Waals surface area contributed by atoms with E-state index in [1.807, 2.05) is 0 Å². The lowest BCUT2D eigenvalue weighted by molar-refractivity contribution is -0.153. The van der Waals surface area contributed by atoms with Crippen LogP contribution in [0.3, 0.4) is 0 Å². The average Bonchev–Trinajstić information content (AvgIpc) is 2.49. The molecule has 3 atom stereocenters. The number of aliphatic hydroxyl groups excluding tert-OH is 1. The van der Waals surface area contributed by atoms with Gasteiger partial charge in [-0.2, -0.15) is 0 Å². The molecule has 6 nitrogen and oxygen atoms in total. The van der Waals surface area contributed by atoms with Crippen LogP contribution < -0.4 is 0 Å². The van der Waals surface area contributed by atoms with E-state index in [0.717, 1.165) is 0 Å². The highest BCUT2D eigenvalue weighted by Gasteiger charge is 2.25. The van der Waals surface area contributed by atoms with Gasteiger partial charge in [0.2, 0.25) is 0 Å². The number of carbonyl (C=O) groups is 2. The van der Waals surface area contributed by atoms with E-state index in [9.17, 15) is 14.7 Å². The predicted octanol–water partition coefficient (Wildman–Crippen LogP) is 2.25. The molecule has 0 radical (unpaired) electrons. The van der Waals surface area contributed by atoms with Gasteiger partial charge in [0.15, 0.2) is 0 Å². The summed E-state index contributed by atoms with van der Waals surface area (Å²) in [6.45, 7) is 3.92. The summed E-state index contributed by atoms with van der Waals surface area (Å²) in [5.41, 5.74) is 0. The molecule has 0 aromatic carbocycles. The van der Waals surface area contributed by atoms with Crippen molar-refractivity contribution in [1.82, 2.24) is 0 Å². The Hall–Kier alpha value is -0.180. The first-order chi connectivity index (χ1) is 10.5. The monoisotopic (exact) mass is 446 g/mol. The standard InChI is InChI=1S/C14H24Br2O6/c1-3-20-13(18)10(5-6-15)9-22-12(16)7-11(8-17)14(19)21-4-2/h10-12,17H,3-9H2,1-2H3. The molecule has 0 saturated heterocycles. The SMILES string of the molecule is CCOC(=O)C(CCBr)COC(Br)CC(CO)C(=O)OCC. The Bertz CT molecular complexity index is 326. The molecular weight excluding hydrogens is 424 g/mol. The summed E-state index contributed by atoms with van der Waals surface area (Å²) in [6, 6.07) is 0. The summed E-state index contributed by atoms with van der Waals surface area (Å²) in [7, 11) is 0. The van der Waals surface area contributed by atoms with E-state index in [0.29, 0.717) is 18.4 Å². The van der Waals surface area contributed by atoms with Crippen molar-refractivity contribution >= 4 is 43.8 Å². The number of hydrogen-bond acceptors (Lipinski definition) is 6. The Kier molecular flexibility index (Phi) is 13.2. The molecular formula is C14H24Br2O6. The molecule has 0 aromatic rings. The molecule has 0 aliphatic rings. The molecule has 0 rings (SSSR count). The average molecular weight is 448 g/mol. The molecule has 1 N–H and O–H groups in total. The largest absolute Gasteiger partial charge is 0.466 e. The first-order valence-corrected chi connectivity index (χ1v) is 9.29. The summed E-state index contributed by atoms with van der Waals surface area (Å²) in [5.74, 6) is -1.78. The van der Waals surface area contributed by atoms with E-state index in [2.05, 4.69) is 31.9 Å². The van der Waals surface area contributed by atoms with Crippen LogP contribution in [-0.4, -0.2) is 53.8 Å². The van der Waals surface area contributed by atoms with Crippen molar-refractivity contribution in [3.05, 3.63) is 0 Å². The number of carbonyl (C=O) groups excluding carboxylic acids is 2. The molecule has 0 aromatic heterocycles. The molecule has 0 amide bonds. The quantitative estimate of drug-likeness (QED) is 0.365. The number of ether oxygens (including phenoxy) is 3. The molecule has 0 fully saturated rings. The number of hydrogen-bond donors (Lipinski definition) is 1. The first kappa shape index (κ1) is 21.8. The first-order valence-electron chi connectivity index (χ1n) is 7.25. The van der Waals surface area contributed by atoms with Gasteiger partial charge >= 0.3 is 11.9 Å². The Morgan fingerprint density at radius 1 is 1.09 bits per heavy atom. The molecule has 3 unspecified atom stereocenters. The minimum absolute atomic E-state index is 0.182. The fraction of sp³-hybridized carbons (Fsp3) is 0.857. The lowest BCUT2D eigenvalue weighted by atomic mass is 10.1. The van der Waals surface area contributed by atoms with Gasteiger partial charge in [0.05, 0.1) is 38.3 Å². The van der Waals surface area contributed by atoms with Gasteiger partial charge in [-0.1, -0.05) is 31.9 Å². The van der Waals surface area contributed by atoms with E-state index in [-0.39, 0.29) is 38.1 Å². The van der Waals surface area contributed by atoms with Gasteiger partial charge in [-0.05, 0) is 26.7 Å². The lowest BCUT2D eigenvalue weighted by Crippen LogP contribution is -2.28. The molecule has 0 bridgehead atoms. The van der Waals surface area contributed by atoms with Gasteiger partial charge in [-0.3, -0.25) is 9.59 Å². The zero-order valence-corrected chi connectivity index (χ0v) is 16.1. The minimum atomic E-state index is -0.651. The lowest BCUT2D eigenvalue weighted by Gasteiger charge is -2.20. The maximum absolute atomic E-state index is 11.8. The van der Waals surface area contributed by atoms with Crippen molar-refractivity contribution in [3.63, 3.8) is 0 Å². The smallest absolute Gasteiger partial charge is 0.311 e. The second-order valence-corrected chi connectivity index (χ2v) is 6.35. The van der Waals surface area contributed by atoms with Crippen molar-refractivity contribution in [2.75, 3.05) is 31.8 Å². The highest BCUT2D eigenvalue weighted by molar-refractivity contribution is 9.09. The van der Waals surface area contributed by atoms with E-state index in [1.54, 1.807) is 13.8 Å². The summed E-state index contributed by atoms with van der Waals surface area (Å²) in [6.07, 6.45) is 0.860. The second kappa shape index (κ2) is 13.3. The maximum atomic E-state index is 11.8. The third kappa shape index (κ3) is 9.07. The van der Waals surface area contributed by atoms with Crippen LogP contribution in [0.15, 0.2) is 0 Å². The fourth-order valence-electron chi connectivity index (χ4n) is 1.68. The van der Waals surface area contributed by atoms with Gasteiger partial charge in [-0.25, -0.2) is 0 Å². The summed E-state index contributed by atoms with van der Waals surface area (Å²) >= 11 is 6.60. The van der Waals surface area contributed by atoms with E-state index in [1.165, 1.54) is 0 Å². The Morgan fingerprint density at radius 3 is 2.09 bits per heavy atom. The van der Waals surface area contributed by atoms with Crippen LogP contribution in [0.1, 0.15) is 26.7 Å². The van der Waals surface area contributed by atoms with Crippen LogP contribution in [0.2, 0.25) is 0 Å². The number of alkyl halides is 2. The zero-order chi connectivity index (χ0) is 17.0. The highest BCUT2D eigenvalue weighted by atomic mass is 79.9. The van der Waals surface area contributed by atoms with Gasteiger partial charge in [0.25, 0.3) is 0 Å². The topological polar surface area (TPSA) is 82.1 Å². The van der Waals surface area contributed by atoms with Crippen LogP contribution in [0.4, 0.5) is 0 Å². The molecule has 8 heteroatoms. The molecule has 0 aliphatic heterocycles. The summed E-state index contributed by atoms with van der Waals surface area (Å²) < 4.78 is 15.4. The van der Waals surface area contributed by atoms with Gasteiger partial charge in [-0.15, -0.1) is 0 Å². The fourth-order valence-corrected chi connectivity index (χ4v) is 2.84. The van der Waals surface area contributed by atoms with E-state index in [4.69, 9.17) is 14.2 Å². The normalized spacial score (nSPS) is 15.0. The number of rotatable bonds is 12. The maximum Gasteiger partial charge on any atom is 0.311 e. The van der Waals surface area contributed by atoms with Gasteiger partial charge in [0, 0.05) is 5.33 Å².